The Labute approximate surface area is 170 Å². The highest BCUT2D eigenvalue weighted by Crippen LogP contribution is 2.27. The number of aromatic nitrogens is 3. The first-order valence-electron chi connectivity index (χ1n) is 9.70. The molecule has 1 aliphatic heterocycles. The lowest BCUT2D eigenvalue weighted by molar-refractivity contribution is -0.119. The molecular weight excluding hydrogens is 384 g/mol. The summed E-state index contributed by atoms with van der Waals surface area (Å²) in [7, 11) is 0. The van der Waals surface area contributed by atoms with Crippen molar-refractivity contribution in [3.63, 3.8) is 0 Å². The normalized spacial score (nSPS) is 18.2. The van der Waals surface area contributed by atoms with Gasteiger partial charge in [-0.1, -0.05) is 18.2 Å². The molecule has 30 heavy (non-hydrogen) atoms. The lowest BCUT2D eigenvalue weighted by Crippen LogP contribution is -2.30. The number of aliphatic imine (C=N–C) groups is 2. The molecule has 1 fully saturated rings. The zero-order valence-corrected chi connectivity index (χ0v) is 16.2. The van der Waals surface area contributed by atoms with E-state index in [4.69, 9.17) is 0 Å². The topological polar surface area (TPSA) is 122 Å². The second-order valence-electron chi connectivity index (χ2n) is 7.41. The quantitative estimate of drug-likeness (QED) is 0.516. The van der Waals surface area contributed by atoms with Crippen LogP contribution in [0, 0.1) is 12.8 Å². The molecule has 150 valence electrons. The van der Waals surface area contributed by atoms with Crippen molar-refractivity contribution in [2.45, 2.75) is 26.2 Å². The maximum atomic E-state index is 12.7. The van der Waals surface area contributed by atoms with Crippen LogP contribution in [0.4, 0.5) is 5.82 Å². The molecular formula is C21H18N6O3. The number of carbonyl (C=O) groups excluding carboxylic acids is 3. The van der Waals surface area contributed by atoms with Gasteiger partial charge in [0.25, 0.3) is 23.6 Å². The number of rotatable bonds is 3. The molecule has 9 nitrogen and oxygen atoms in total. The molecule has 1 atom stereocenters. The Morgan fingerprint density at radius 3 is 2.93 bits per heavy atom. The van der Waals surface area contributed by atoms with Gasteiger partial charge in [-0.15, -0.1) is 0 Å². The van der Waals surface area contributed by atoms with Gasteiger partial charge in [0.2, 0.25) is 0 Å². The SMILES string of the molecule is Cc1cc(NC(=O)C(=O)c2c[nH]c3ccccc23)n(C2=NC(=O)C3CCCC3=N2)n1. The molecule has 9 heteroatoms. The molecule has 1 unspecified atom stereocenters. The van der Waals surface area contributed by atoms with E-state index in [9.17, 15) is 14.4 Å². The van der Waals surface area contributed by atoms with Gasteiger partial charge in [-0.05, 0) is 32.3 Å². The summed E-state index contributed by atoms with van der Waals surface area (Å²) >= 11 is 0. The van der Waals surface area contributed by atoms with Crippen LogP contribution in [-0.2, 0) is 9.59 Å². The number of ketones is 1. The Kier molecular flexibility index (Phi) is 4.16. The maximum absolute atomic E-state index is 12.7. The first-order chi connectivity index (χ1) is 14.5. The number of carbonyl (C=O) groups is 3. The molecule has 5 rings (SSSR count). The van der Waals surface area contributed by atoms with Gasteiger partial charge < -0.3 is 10.3 Å². The van der Waals surface area contributed by atoms with Crippen LogP contribution in [0.5, 0.6) is 0 Å². The summed E-state index contributed by atoms with van der Waals surface area (Å²) in [5, 5.41) is 7.56. The van der Waals surface area contributed by atoms with Gasteiger partial charge in [-0.25, -0.2) is 4.99 Å². The smallest absolute Gasteiger partial charge is 0.298 e. The molecule has 1 aliphatic carbocycles. The summed E-state index contributed by atoms with van der Waals surface area (Å²) in [5.74, 6) is -1.63. The monoisotopic (exact) mass is 402 g/mol. The number of nitrogens with one attached hydrogen (secondary N) is 2. The van der Waals surface area contributed by atoms with E-state index in [2.05, 4.69) is 25.4 Å². The standard InChI is InChI=1S/C21H18N6O3/c1-11-9-17(27(26-11)21-23-16-8-4-6-13(16)19(29)25-21)24-20(30)18(28)14-10-22-15-7-3-2-5-12(14)15/h2-3,5,7,9-10,13,22H,4,6,8H2,1H3,(H,24,30). The third-order valence-corrected chi connectivity index (χ3v) is 5.38. The van der Waals surface area contributed by atoms with Crippen LogP contribution >= 0.6 is 0 Å². The van der Waals surface area contributed by atoms with Gasteiger partial charge in [0, 0.05) is 28.9 Å². The number of fused-ring (bicyclic) bond motifs is 2. The zero-order valence-electron chi connectivity index (χ0n) is 16.2. The summed E-state index contributed by atoms with van der Waals surface area (Å²) in [6, 6.07) is 8.86. The molecule has 1 saturated carbocycles. The number of para-hydroxylation sites is 1. The van der Waals surface area contributed by atoms with Gasteiger partial charge in [-0.2, -0.15) is 14.8 Å². The van der Waals surface area contributed by atoms with E-state index in [1.54, 1.807) is 25.1 Å². The predicted molar refractivity (Wildman–Crippen MR) is 111 cm³/mol. The highest BCUT2D eigenvalue weighted by molar-refractivity contribution is 6.48. The molecule has 2 aliphatic rings. The van der Waals surface area contributed by atoms with Gasteiger partial charge in [0.15, 0.2) is 0 Å². The van der Waals surface area contributed by atoms with E-state index < -0.39 is 11.7 Å². The number of aryl methyl sites for hydroxylation is 1. The lowest BCUT2D eigenvalue weighted by Gasteiger charge is -2.15. The molecule has 1 aromatic carbocycles. The average molecular weight is 402 g/mol. The van der Waals surface area contributed by atoms with E-state index >= 15 is 0 Å². The Morgan fingerprint density at radius 1 is 1.23 bits per heavy atom. The summed E-state index contributed by atoms with van der Waals surface area (Å²) in [5.41, 5.74) is 2.44. The van der Waals surface area contributed by atoms with Crippen molar-refractivity contribution in [2.24, 2.45) is 15.9 Å². The number of amides is 2. The minimum absolute atomic E-state index is 0.107. The van der Waals surface area contributed by atoms with Crippen molar-refractivity contribution in [2.75, 3.05) is 5.32 Å². The Balaban J connectivity index is 1.44. The summed E-state index contributed by atoms with van der Waals surface area (Å²) < 4.78 is 1.30. The molecule has 2 N–H and O–H groups in total. The van der Waals surface area contributed by atoms with Crippen LogP contribution in [-0.4, -0.2) is 44.0 Å². The van der Waals surface area contributed by atoms with Crippen LogP contribution < -0.4 is 5.32 Å². The van der Waals surface area contributed by atoms with E-state index in [-0.39, 0.29) is 29.2 Å². The number of hydrogen-bond donors (Lipinski definition) is 2. The average Bonchev–Trinajstić information content (AvgIpc) is 3.45. The van der Waals surface area contributed by atoms with Crippen molar-refractivity contribution in [3.8, 4) is 0 Å². The molecule has 0 bridgehead atoms. The van der Waals surface area contributed by atoms with Crippen LogP contribution in [0.1, 0.15) is 35.3 Å². The van der Waals surface area contributed by atoms with Crippen molar-refractivity contribution in [3.05, 3.63) is 47.8 Å². The van der Waals surface area contributed by atoms with Crippen molar-refractivity contribution in [1.29, 1.82) is 0 Å². The number of hydrogen-bond acceptors (Lipinski definition) is 5. The van der Waals surface area contributed by atoms with Crippen molar-refractivity contribution in [1.82, 2.24) is 14.8 Å². The Bertz CT molecular complexity index is 1280. The lowest BCUT2D eigenvalue weighted by atomic mass is 10.1. The van der Waals surface area contributed by atoms with Gasteiger partial charge in [0.1, 0.15) is 5.82 Å². The number of aromatic amines is 1. The fraction of sp³-hybridized carbons (Fsp3) is 0.238. The molecule has 0 spiro atoms. The summed E-state index contributed by atoms with van der Waals surface area (Å²) in [4.78, 5) is 49.3. The Morgan fingerprint density at radius 2 is 2.07 bits per heavy atom. The number of nitrogens with zero attached hydrogens (tertiary/aromatic N) is 4. The first kappa shape index (κ1) is 18.2. The third kappa shape index (κ3) is 2.95. The second-order valence-corrected chi connectivity index (χ2v) is 7.41. The van der Waals surface area contributed by atoms with E-state index in [1.165, 1.54) is 10.9 Å². The highest BCUT2D eigenvalue weighted by Gasteiger charge is 2.34. The van der Waals surface area contributed by atoms with Crippen LogP contribution in [0.3, 0.4) is 0 Å². The van der Waals surface area contributed by atoms with Crippen molar-refractivity contribution >= 4 is 46.0 Å². The molecule has 0 saturated heterocycles. The molecule has 0 radical (unpaired) electrons. The minimum Gasteiger partial charge on any atom is -0.360 e. The second kappa shape index (κ2) is 6.87. The van der Waals surface area contributed by atoms with E-state index in [1.807, 2.05) is 12.1 Å². The van der Waals surface area contributed by atoms with Gasteiger partial charge >= 0.3 is 0 Å². The zero-order chi connectivity index (χ0) is 20.8. The van der Waals surface area contributed by atoms with Gasteiger partial charge in [-0.3, -0.25) is 14.4 Å². The fourth-order valence-corrected chi connectivity index (χ4v) is 3.95. The molecule has 3 aromatic rings. The van der Waals surface area contributed by atoms with Crippen LogP contribution in [0.25, 0.3) is 10.9 Å². The predicted octanol–water partition coefficient (Wildman–Crippen LogP) is 2.48. The number of benzene rings is 1. The number of Topliss-reactive ketones (excluding diaryl/α,β-unsaturated/α-hetero) is 1. The first-order valence-corrected chi connectivity index (χ1v) is 9.70. The highest BCUT2D eigenvalue weighted by atomic mass is 16.2. The Hall–Kier alpha value is -3.88. The van der Waals surface area contributed by atoms with Crippen LogP contribution in [0.15, 0.2) is 46.5 Å². The molecule has 2 amide bonds. The van der Waals surface area contributed by atoms with E-state index in [0.717, 1.165) is 30.5 Å². The van der Waals surface area contributed by atoms with Gasteiger partial charge in [0.05, 0.1) is 17.2 Å². The van der Waals surface area contributed by atoms with E-state index in [0.29, 0.717) is 11.1 Å². The summed E-state index contributed by atoms with van der Waals surface area (Å²) in [6.07, 6.45) is 3.93. The molecule has 3 heterocycles. The maximum Gasteiger partial charge on any atom is 0.298 e. The number of anilines is 1. The third-order valence-electron chi connectivity index (χ3n) is 5.38. The minimum atomic E-state index is -0.810. The van der Waals surface area contributed by atoms with Crippen molar-refractivity contribution < 1.29 is 14.4 Å². The van der Waals surface area contributed by atoms with Crippen LogP contribution in [0.2, 0.25) is 0 Å². The number of H-pyrrole nitrogens is 1. The summed E-state index contributed by atoms with van der Waals surface area (Å²) in [6.45, 7) is 1.74. The largest absolute Gasteiger partial charge is 0.360 e. The molecule has 2 aromatic heterocycles. The fourth-order valence-electron chi connectivity index (χ4n) is 3.95.